The first-order valence-corrected chi connectivity index (χ1v) is 12.7. The summed E-state index contributed by atoms with van der Waals surface area (Å²) in [6, 6.07) is 1.11. The molecule has 1 spiro atoms. The van der Waals surface area contributed by atoms with Crippen molar-refractivity contribution in [1.29, 1.82) is 0 Å². The van der Waals surface area contributed by atoms with Crippen molar-refractivity contribution < 1.29 is 23.8 Å². The number of fused-ring (bicyclic) bond motifs is 3. The molecule has 2 fully saturated rings. The van der Waals surface area contributed by atoms with Crippen molar-refractivity contribution in [3.8, 4) is 0 Å². The molecule has 1 aliphatic heterocycles. The third kappa shape index (κ3) is 4.11. The number of benzene rings is 1. The van der Waals surface area contributed by atoms with Crippen LogP contribution in [0.2, 0.25) is 5.02 Å². The van der Waals surface area contributed by atoms with E-state index in [4.69, 9.17) is 16.3 Å². The largest absolute Gasteiger partial charge is 0.465 e. The molecule has 1 aliphatic carbocycles. The SMILES string of the molecule is CN(C(=O)O)c1cc(F)c(Cl)c2c1[nH]c1ncc(Br)c(N3CCC4(CC4NC(=O)OC(C)(C)C)C3)c12. The van der Waals surface area contributed by atoms with Gasteiger partial charge < -0.3 is 25.0 Å². The summed E-state index contributed by atoms with van der Waals surface area (Å²) in [7, 11) is 1.34. The van der Waals surface area contributed by atoms with E-state index in [-0.39, 0.29) is 22.2 Å². The molecule has 1 aromatic carbocycles. The molecule has 36 heavy (non-hydrogen) atoms. The number of carbonyl (C=O) groups excluding carboxylic acids is 1. The average molecular weight is 583 g/mol. The lowest BCUT2D eigenvalue weighted by molar-refractivity contribution is 0.0516. The minimum atomic E-state index is -1.23. The number of halogens is 3. The highest BCUT2D eigenvalue weighted by molar-refractivity contribution is 9.10. The number of pyridine rings is 1. The molecule has 2 aliphatic rings. The van der Waals surface area contributed by atoms with Crippen molar-refractivity contribution in [2.75, 3.05) is 29.9 Å². The van der Waals surface area contributed by atoms with Gasteiger partial charge in [-0.15, -0.1) is 0 Å². The fourth-order valence-corrected chi connectivity index (χ4v) is 5.91. The molecule has 2 unspecified atom stereocenters. The van der Waals surface area contributed by atoms with Crippen molar-refractivity contribution in [2.24, 2.45) is 5.41 Å². The second-order valence-electron chi connectivity index (χ2n) is 10.5. The van der Waals surface area contributed by atoms with E-state index in [2.05, 4.69) is 36.1 Å². The molecule has 2 atom stereocenters. The Labute approximate surface area is 220 Å². The summed E-state index contributed by atoms with van der Waals surface area (Å²) in [5.74, 6) is -0.721. The molecule has 5 rings (SSSR count). The van der Waals surface area contributed by atoms with Crippen LogP contribution in [0.25, 0.3) is 21.9 Å². The van der Waals surface area contributed by atoms with Crippen LogP contribution in [0, 0.1) is 11.2 Å². The summed E-state index contributed by atoms with van der Waals surface area (Å²) in [4.78, 5) is 34.6. The van der Waals surface area contributed by atoms with E-state index in [1.54, 1.807) is 6.20 Å². The zero-order chi connectivity index (χ0) is 26.2. The second kappa shape index (κ2) is 8.37. The Morgan fingerprint density at radius 2 is 2.14 bits per heavy atom. The van der Waals surface area contributed by atoms with Crippen LogP contribution in [-0.4, -0.2) is 59.0 Å². The van der Waals surface area contributed by atoms with Crippen LogP contribution >= 0.6 is 27.5 Å². The van der Waals surface area contributed by atoms with E-state index in [0.29, 0.717) is 39.5 Å². The lowest BCUT2D eigenvalue weighted by atomic mass is 10.1. The number of ether oxygens (including phenoxy) is 1. The summed E-state index contributed by atoms with van der Waals surface area (Å²) in [5.41, 5.74) is 1.14. The van der Waals surface area contributed by atoms with E-state index in [9.17, 15) is 19.1 Å². The second-order valence-corrected chi connectivity index (χ2v) is 11.8. The Kier molecular flexibility index (Phi) is 5.79. The van der Waals surface area contributed by atoms with E-state index < -0.39 is 23.6 Å². The molecule has 2 aromatic heterocycles. The zero-order valence-corrected chi connectivity index (χ0v) is 22.5. The number of aromatic amines is 1. The maximum Gasteiger partial charge on any atom is 0.411 e. The molecule has 9 nitrogen and oxygen atoms in total. The molecule has 3 aromatic rings. The number of amides is 2. The van der Waals surface area contributed by atoms with Crippen molar-refractivity contribution in [1.82, 2.24) is 15.3 Å². The molecule has 192 valence electrons. The fourth-order valence-electron chi connectivity index (χ4n) is 5.12. The van der Waals surface area contributed by atoms with E-state index in [1.165, 1.54) is 7.05 Å². The van der Waals surface area contributed by atoms with Crippen molar-refractivity contribution in [3.05, 3.63) is 27.6 Å². The molecule has 0 bridgehead atoms. The smallest absolute Gasteiger partial charge is 0.411 e. The maximum atomic E-state index is 14.9. The Morgan fingerprint density at radius 3 is 2.81 bits per heavy atom. The Balaban J connectivity index is 1.53. The van der Waals surface area contributed by atoms with Gasteiger partial charge in [0.1, 0.15) is 17.1 Å². The van der Waals surface area contributed by atoms with Crippen LogP contribution in [0.4, 0.5) is 25.4 Å². The van der Waals surface area contributed by atoms with Gasteiger partial charge in [-0.25, -0.2) is 19.0 Å². The topological polar surface area (TPSA) is 111 Å². The standard InChI is InChI=1S/C24H26BrClFN5O4/c1-23(2,3)36-21(33)29-14-8-24(14)5-6-32(10-24)19-11(25)9-28-20-16(19)15-17(26)12(27)7-13(18(15)30-20)31(4)22(34)35/h7,9,14H,5-6,8,10H2,1-4H3,(H,28,30)(H,29,33)(H,34,35). The van der Waals surface area contributed by atoms with Gasteiger partial charge in [0, 0.05) is 49.2 Å². The number of alkyl carbamates (subject to hydrolysis) is 1. The predicted molar refractivity (Wildman–Crippen MR) is 140 cm³/mol. The number of nitrogens with zero attached hydrogens (tertiary/aromatic N) is 3. The number of hydrogen-bond acceptors (Lipinski definition) is 5. The number of anilines is 2. The fraction of sp³-hybridized carbons (Fsp3) is 0.458. The van der Waals surface area contributed by atoms with E-state index in [1.807, 2.05) is 20.8 Å². The molecule has 2 amide bonds. The number of carbonyl (C=O) groups is 2. The third-order valence-corrected chi connectivity index (χ3v) is 7.88. The first-order chi connectivity index (χ1) is 16.8. The minimum absolute atomic E-state index is 0.00766. The molecular weight excluding hydrogens is 557 g/mol. The van der Waals surface area contributed by atoms with Gasteiger partial charge in [0.05, 0.1) is 31.8 Å². The predicted octanol–water partition coefficient (Wildman–Crippen LogP) is 5.88. The molecule has 12 heteroatoms. The molecule has 3 N–H and O–H groups in total. The maximum absolute atomic E-state index is 14.9. The highest BCUT2D eigenvalue weighted by Crippen LogP contribution is 2.55. The Bertz CT molecular complexity index is 1420. The van der Waals surface area contributed by atoms with Gasteiger partial charge in [0.2, 0.25) is 0 Å². The zero-order valence-electron chi connectivity index (χ0n) is 20.2. The number of rotatable bonds is 3. The summed E-state index contributed by atoms with van der Waals surface area (Å²) in [6.45, 7) is 6.87. The highest BCUT2D eigenvalue weighted by Gasteiger charge is 2.58. The van der Waals surface area contributed by atoms with Crippen molar-refractivity contribution in [3.63, 3.8) is 0 Å². The number of hydrogen-bond donors (Lipinski definition) is 3. The highest BCUT2D eigenvalue weighted by atomic mass is 79.9. The number of H-pyrrole nitrogens is 1. The normalized spacial score (nSPS) is 21.4. The van der Waals surface area contributed by atoms with Crippen LogP contribution in [0.1, 0.15) is 33.6 Å². The van der Waals surface area contributed by atoms with E-state index >= 15 is 0 Å². The molecule has 0 radical (unpaired) electrons. The molecule has 3 heterocycles. The molecular formula is C24H26BrClFN5O4. The lowest BCUT2D eigenvalue weighted by Gasteiger charge is -2.22. The Hall–Kier alpha value is -2.79. The monoisotopic (exact) mass is 581 g/mol. The van der Waals surface area contributed by atoms with Gasteiger partial charge in [0.25, 0.3) is 0 Å². The van der Waals surface area contributed by atoms with Gasteiger partial charge in [-0.2, -0.15) is 0 Å². The minimum Gasteiger partial charge on any atom is -0.465 e. The number of carboxylic acid groups (broad SMARTS) is 1. The van der Waals surface area contributed by atoms with E-state index in [0.717, 1.165) is 29.5 Å². The van der Waals surface area contributed by atoms with Crippen LogP contribution in [0.3, 0.4) is 0 Å². The summed E-state index contributed by atoms with van der Waals surface area (Å²) >= 11 is 10.1. The Morgan fingerprint density at radius 1 is 1.42 bits per heavy atom. The van der Waals surface area contributed by atoms with Crippen LogP contribution in [-0.2, 0) is 4.74 Å². The van der Waals surface area contributed by atoms with Crippen LogP contribution in [0.15, 0.2) is 16.7 Å². The quantitative estimate of drug-likeness (QED) is 0.356. The van der Waals surface area contributed by atoms with Gasteiger partial charge in [0.15, 0.2) is 0 Å². The molecule has 1 saturated heterocycles. The first-order valence-electron chi connectivity index (χ1n) is 11.5. The summed E-state index contributed by atoms with van der Waals surface area (Å²) in [5, 5.41) is 13.4. The average Bonchev–Trinajstić information content (AvgIpc) is 3.09. The number of nitrogens with one attached hydrogen (secondary N) is 2. The lowest BCUT2D eigenvalue weighted by Crippen LogP contribution is -2.36. The van der Waals surface area contributed by atoms with Gasteiger partial charge in [-0.1, -0.05) is 11.6 Å². The van der Waals surface area contributed by atoms with Gasteiger partial charge >= 0.3 is 12.2 Å². The first kappa shape index (κ1) is 24.9. The van der Waals surface area contributed by atoms with Crippen molar-refractivity contribution in [2.45, 2.75) is 45.3 Å². The van der Waals surface area contributed by atoms with Gasteiger partial charge in [-0.05, 0) is 49.5 Å². The van der Waals surface area contributed by atoms with Crippen LogP contribution in [0.5, 0.6) is 0 Å². The molecule has 1 saturated carbocycles. The number of aromatic nitrogens is 2. The van der Waals surface area contributed by atoms with Crippen molar-refractivity contribution >= 4 is 73.0 Å². The van der Waals surface area contributed by atoms with Crippen LogP contribution < -0.4 is 15.1 Å². The third-order valence-electron chi connectivity index (χ3n) is 6.93. The van der Waals surface area contributed by atoms with Gasteiger partial charge in [-0.3, -0.25) is 4.90 Å². The summed E-state index contributed by atoms with van der Waals surface area (Å²) in [6.07, 6.45) is 1.70. The summed E-state index contributed by atoms with van der Waals surface area (Å²) < 4.78 is 21.0.